The summed E-state index contributed by atoms with van der Waals surface area (Å²) < 4.78 is 1.71. The lowest BCUT2D eigenvalue weighted by molar-refractivity contribution is 0.0696. The van der Waals surface area contributed by atoms with Crippen LogP contribution in [0.4, 0.5) is 5.69 Å². The van der Waals surface area contributed by atoms with E-state index in [4.69, 9.17) is 5.11 Å². The van der Waals surface area contributed by atoms with Gasteiger partial charge < -0.3 is 10.4 Å². The van der Waals surface area contributed by atoms with Crippen molar-refractivity contribution < 1.29 is 14.7 Å². The molecule has 0 saturated heterocycles. The normalized spacial score (nSPS) is 10.6. The zero-order chi connectivity index (χ0) is 15.7. The summed E-state index contributed by atoms with van der Waals surface area (Å²) in [6.45, 7) is 1.79. The predicted molar refractivity (Wildman–Crippen MR) is 79.1 cm³/mol. The fourth-order valence-corrected chi connectivity index (χ4v) is 2.14. The van der Waals surface area contributed by atoms with Crippen LogP contribution in [0.5, 0.6) is 0 Å². The molecule has 0 atom stereocenters. The molecule has 0 saturated carbocycles. The quantitative estimate of drug-likeness (QED) is 0.770. The Bertz CT molecular complexity index is 885. The number of carbonyl (C=O) groups excluding carboxylic acids is 1. The van der Waals surface area contributed by atoms with Crippen molar-refractivity contribution in [3.8, 4) is 0 Å². The summed E-state index contributed by atoms with van der Waals surface area (Å²) in [5, 5.41) is 19.6. The first-order chi connectivity index (χ1) is 10.6. The van der Waals surface area contributed by atoms with Crippen LogP contribution < -0.4 is 5.32 Å². The number of hydrogen-bond acceptors (Lipinski definition) is 4. The molecule has 2 N–H and O–H groups in total. The average Bonchev–Trinajstić information content (AvgIpc) is 2.89. The monoisotopic (exact) mass is 296 g/mol. The van der Waals surface area contributed by atoms with E-state index in [1.54, 1.807) is 41.8 Å². The maximum Gasteiger partial charge on any atom is 0.335 e. The van der Waals surface area contributed by atoms with Gasteiger partial charge >= 0.3 is 5.97 Å². The zero-order valence-corrected chi connectivity index (χ0v) is 11.6. The van der Waals surface area contributed by atoms with Crippen LogP contribution in [0.3, 0.4) is 0 Å². The van der Waals surface area contributed by atoms with Crippen molar-refractivity contribution in [2.75, 3.05) is 5.32 Å². The van der Waals surface area contributed by atoms with E-state index < -0.39 is 5.97 Å². The van der Waals surface area contributed by atoms with Crippen LogP contribution in [0.25, 0.3) is 5.65 Å². The number of carbonyl (C=O) groups is 2. The molecule has 7 heteroatoms. The fourth-order valence-electron chi connectivity index (χ4n) is 2.14. The maximum absolute atomic E-state index is 12.4. The summed E-state index contributed by atoms with van der Waals surface area (Å²) in [7, 11) is 0. The molecule has 1 aromatic carbocycles. The number of fused-ring (bicyclic) bond motifs is 1. The van der Waals surface area contributed by atoms with Gasteiger partial charge in [0.25, 0.3) is 5.91 Å². The number of aromatic carboxylic acids is 1. The maximum atomic E-state index is 12.4. The van der Waals surface area contributed by atoms with Gasteiger partial charge in [-0.3, -0.25) is 9.20 Å². The Morgan fingerprint density at radius 3 is 2.77 bits per heavy atom. The first-order valence-corrected chi connectivity index (χ1v) is 6.51. The van der Waals surface area contributed by atoms with Gasteiger partial charge in [-0.05, 0) is 37.3 Å². The Balaban J connectivity index is 1.94. The third-order valence-electron chi connectivity index (χ3n) is 3.22. The summed E-state index contributed by atoms with van der Waals surface area (Å²) in [4.78, 5) is 23.3. The molecule has 0 radical (unpaired) electrons. The highest BCUT2D eigenvalue weighted by Gasteiger charge is 2.14. The van der Waals surface area contributed by atoms with Gasteiger partial charge in [0.1, 0.15) is 5.82 Å². The number of anilines is 1. The lowest BCUT2D eigenvalue weighted by atomic mass is 10.2. The van der Waals surface area contributed by atoms with Crippen LogP contribution in [0, 0.1) is 6.92 Å². The molecule has 2 aromatic heterocycles. The third-order valence-corrected chi connectivity index (χ3v) is 3.22. The minimum atomic E-state index is -1.05. The van der Waals surface area contributed by atoms with E-state index in [0.29, 0.717) is 22.7 Å². The number of amides is 1. The largest absolute Gasteiger partial charge is 0.478 e. The molecule has 0 aliphatic heterocycles. The topological polar surface area (TPSA) is 96.6 Å². The molecule has 110 valence electrons. The van der Waals surface area contributed by atoms with Crippen LogP contribution in [-0.2, 0) is 0 Å². The van der Waals surface area contributed by atoms with E-state index in [-0.39, 0.29) is 11.5 Å². The number of pyridine rings is 1. The second-order valence-corrected chi connectivity index (χ2v) is 4.70. The Kier molecular flexibility index (Phi) is 3.30. The SMILES string of the molecule is Cc1nnc2c(C(=O)Nc3cccc(C(=O)O)c3)cccn12. The summed E-state index contributed by atoms with van der Waals surface area (Å²) in [5.74, 6) is -0.746. The number of nitrogens with zero attached hydrogens (tertiary/aromatic N) is 3. The molecular weight excluding hydrogens is 284 g/mol. The van der Waals surface area contributed by atoms with Crippen molar-refractivity contribution in [3.63, 3.8) is 0 Å². The van der Waals surface area contributed by atoms with Gasteiger partial charge in [-0.15, -0.1) is 10.2 Å². The molecule has 22 heavy (non-hydrogen) atoms. The number of rotatable bonds is 3. The van der Waals surface area contributed by atoms with Crippen molar-refractivity contribution in [1.82, 2.24) is 14.6 Å². The minimum absolute atomic E-state index is 0.106. The van der Waals surface area contributed by atoms with Crippen LogP contribution >= 0.6 is 0 Å². The van der Waals surface area contributed by atoms with Gasteiger partial charge in [0.15, 0.2) is 5.65 Å². The number of hydrogen-bond donors (Lipinski definition) is 2. The smallest absolute Gasteiger partial charge is 0.335 e. The number of benzene rings is 1. The first kappa shape index (κ1) is 13.7. The molecule has 0 aliphatic rings. The number of carboxylic acids is 1. The summed E-state index contributed by atoms with van der Waals surface area (Å²) in [5.41, 5.74) is 1.33. The van der Waals surface area contributed by atoms with E-state index in [1.807, 2.05) is 0 Å². The van der Waals surface area contributed by atoms with Gasteiger partial charge in [-0.1, -0.05) is 6.07 Å². The van der Waals surface area contributed by atoms with E-state index in [2.05, 4.69) is 15.5 Å². The summed E-state index contributed by atoms with van der Waals surface area (Å²) >= 11 is 0. The van der Waals surface area contributed by atoms with Crippen molar-refractivity contribution >= 4 is 23.2 Å². The highest BCUT2D eigenvalue weighted by Crippen LogP contribution is 2.15. The van der Waals surface area contributed by atoms with Crippen molar-refractivity contribution in [1.29, 1.82) is 0 Å². The molecule has 3 rings (SSSR count). The van der Waals surface area contributed by atoms with Gasteiger partial charge in [0.2, 0.25) is 0 Å². The third kappa shape index (κ3) is 2.39. The van der Waals surface area contributed by atoms with Gasteiger partial charge in [-0.25, -0.2) is 4.79 Å². The Morgan fingerprint density at radius 2 is 2.00 bits per heavy atom. The molecule has 0 spiro atoms. The Hall–Kier alpha value is -3.22. The van der Waals surface area contributed by atoms with Crippen LogP contribution in [0.2, 0.25) is 0 Å². The molecule has 2 heterocycles. The molecule has 0 unspecified atom stereocenters. The Labute approximate surface area is 125 Å². The highest BCUT2D eigenvalue weighted by molar-refractivity contribution is 6.08. The van der Waals surface area contributed by atoms with Gasteiger partial charge in [-0.2, -0.15) is 0 Å². The van der Waals surface area contributed by atoms with E-state index in [1.165, 1.54) is 12.1 Å². The second kappa shape index (κ2) is 5.28. The molecular formula is C15H12N4O3. The zero-order valence-electron chi connectivity index (χ0n) is 11.6. The minimum Gasteiger partial charge on any atom is -0.478 e. The lowest BCUT2D eigenvalue weighted by Crippen LogP contribution is -2.14. The average molecular weight is 296 g/mol. The summed E-state index contributed by atoms with van der Waals surface area (Å²) in [6.07, 6.45) is 1.77. The van der Waals surface area contributed by atoms with Crippen LogP contribution in [0.15, 0.2) is 42.6 Å². The van der Waals surface area contributed by atoms with Gasteiger partial charge in [0.05, 0.1) is 11.1 Å². The molecule has 3 aromatic rings. The van der Waals surface area contributed by atoms with Crippen molar-refractivity contribution in [3.05, 3.63) is 59.5 Å². The fraction of sp³-hybridized carbons (Fsp3) is 0.0667. The van der Waals surface area contributed by atoms with E-state index in [0.717, 1.165) is 0 Å². The van der Waals surface area contributed by atoms with Gasteiger partial charge in [0, 0.05) is 11.9 Å². The summed E-state index contributed by atoms with van der Waals surface area (Å²) in [6, 6.07) is 9.42. The van der Waals surface area contributed by atoms with Crippen molar-refractivity contribution in [2.45, 2.75) is 6.92 Å². The standard InChI is InChI=1S/C15H12N4O3/c1-9-17-18-13-12(6-3-7-19(9)13)14(20)16-11-5-2-4-10(8-11)15(21)22/h2-8H,1H3,(H,16,20)(H,21,22). The number of carboxylic acid groups (broad SMARTS) is 1. The van der Waals surface area contributed by atoms with Crippen molar-refractivity contribution in [2.24, 2.45) is 0 Å². The molecule has 1 amide bonds. The Morgan fingerprint density at radius 1 is 1.18 bits per heavy atom. The number of aryl methyl sites for hydroxylation is 1. The molecule has 0 bridgehead atoms. The van der Waals surface area contributed by atoms with E-state index >= 15 is 0 Å². The number of nitrogens with one attached hydrogen (secondary N) is 1. The highest BCUT2D eigenvalue weighted by atomic mass is 16.4. The predicted octanol–water partition coefficient (Wildman–Crippen LogP) is 1.99. The second-order valence-electron chi connectivity index (χ2n) is 4.70. The van der Waals surface area contributed by atoms with Crippen LogP contribution in [-0.4, -0.2) is 31.6 Å². The lowest BCUT2D eigenvalue weighted by Gasteiger charge is -2.07. The number of aromatic nitrogens is 3. The first-order valence-electron chi connectivity index (χ1n) is 6.51. The van der Waals surface area contributed by atoms with E-state index in [9.17, 15) is 9.59 Å². The molecule has 0 aliphatic carbocycles. The molecule has 7 nitrogen and oxygen atoms in total. The van der Waals surface area contributed by atoms with Crippen LogP contribution in [0.1, 0.15) is 26.5 Å². The molecule has 0 fully saturated rings.